The maximum absolute atomic E-state index is 11.8. The van der Waals surface area contributed by atoms with E-state index in [4.69, 9.17) is 0 Å². The number of benzene rings is 1. The van der Waals surface area contributed by atoms with Gasteiger partial charge in [0.2, 0.25) is 0 Å². The second-order valence-corrected chi connectivity index (χ2v) is 12.1. The Hall–Kier alpha value is -4.27. The van der Waals surface area contributed by atoms with Crippen molar-refractivity contribution in [1.29, 1.82) is 0 Å². The monoisotopic (exact) mass is 697 g/mol. The first-order valence-electron chi connectivity index (χ1n) is 15.8. The normalized spacial score (nSPS) is 16.9. The molecule has 274 valence electrons. The lowest BCUT2D eigenvalue weighted by Crippen LogP contribution is -2.52. The number of likely N-dealkylation sites (N-methyl/N-ethyl adjacent to an activating group) is 1. The molecule has 0 amide bonds. The molecule has 0 radical (unpaired) electrons. The summed E-state index contributed by atoms with van der Waals surface area (Å²) in [6.45, 7) is 2.21. The Morgan fingerprint density at radius 3 is 1.67 bits per heavy atom. The minimum atomic E-state index is -1.21. The third-order valence-corrected chi connectivity index (χ3v) is 8.15. The highest BCUT2D eigenvalue weighted by molar-refractivity contribution is 5.73. The lowest BCUT2D eigenvalue weighted by molar-refractivity contribution is -0.384. The van der Waals surface area contributed by atoms with E-state index in [1.165, 1.54) is 21.9 Å². The van der Waals surface area contributed by atoms with Crippen molar-refractivity contribution in [2.45, 2.75) is 12.5 Å². The van der Waals surface area contributed by atoms with Gasteiger partial charge in [-0.1, -0.05) is 12.1 Å². The SMILES string of the molecule is CN1CCN(CCN(CC(=O)O)CC(=O)O)CCN(CC(=O)O)CCN(CC(Cc2ccc([N+](=O)[O-])cc2)N(CC(=O)O)CC(=O)O)CC1. The maximum Gasteiger partial charge on any atom is 0.317 e. The molecule has 19 nitrogen and oxygen atoms in total. The first-order chi connectivity index (χ1) is 23.1. The summed E-state index contributed by atoms with van der Waals surface area (Å²) >= 11 is 0. The fourth-order valence-corrected chi connectivity index (χ4v) is 5.57. The number of hydrogen-bond donors (Lipinski definition) is 5. The maximum atomic E-state index is 11.8. The Kier molecular flexibility index (Phi) is 17.5. The van der Waals surface area contributed by atoms with Crippen molar-refractivity contribution in [2.24, 2.45) is 0 Å². The standard InChI is InChI=1S/C30H47N7O12/c1-31-6-8-32(11-15-35(19-27(40)41)20-28(42)43)10-12-34(18-26(38)39)14-13-33(9-7-31)17-25(36(21-29(44)45)22-30(46)47)16-23-2-4-24(5-3-23)37(48)49/h2-5,25H,6-22H2,1H3,(H,38,39)(H,40,41)(H,42,43)(H,44,45)(H,46,47). The van der Waals surface area contributed by atoms with Crippen LogP contribution in [-0.2, 0) is 30.4 Å². The molecule has 1 atom stereocenters. The molecule has 1 fully saturated rings. The first kappa shape index (κ1) is 40.9. The van der Waals surface area contributed by atoms with Crippen molar-refractivity contribution in [3.8, 4) is 0 Å². The molecule has 0 spiro atoms. The van der Waals surface area contributed by atoms with Crippen LogP contribution in [0.4, 0.5) is 5.69 Å². The zero-order chi connectivity index (χ0) is 36.5. The zero-order valence-corrected chi connectivity index (χ0v) is 27.6. The van der Waals surface area contributed by atoms with Crippen LogP contribution >= 0.6 is 0 Å². The van der Waals surface area contributed by atoms with Crippen LogP contribution in [0.3, 0.4) is 0 Å². The third kappa shape index (κ3) is 17.1. The van der Waals surface area contributed by atoms with Crippen LogP contribution in [0.2, 0.25) is 0 Å². The van der Waals surface area contributed by atoms with Gasteiger partial charge < -0.3 is 30.4 Å². The number of carboxylic acid groups (broad SMARTS) is 5. The van der Waals surface area contributed by atoms with Gasteiger partial charge in [0.25, 0.3) is 5.69 Å². The summed E-state index contributed by atoms with van der Waals surface area (Å²) < 4.78 is 0. The molecule has 1 aromatic rings. The number of nitro benzene ring substituents is 1. The molecule has 5 N–H and O–H groups in total. The number of non-ortho nitro benzene ring substituents is 1. The number of carboxylic acids is 5. The predicted molar refractivity (Wildman–Crippen MR) is 174 cm³/mol. The van der Waals surface area contributed by atoms with Crippen LogP contribution in [0.15, 0.2) is 24.3 Å². The molecule has 1 saturated heterocycles. The van der Waals surface area contributed by atoms with E-state index >= 15 is 0 Å². The van der Waals surface area contributed by atoms with Crippen molar-refractivity contribution >= 4 is 35.5 Å². The quantitative estimate of drug-likeness (QED) is 0.0805. The summed E-state index contributed by atoms with van der Waals surface area (Å²) in [6, 6.07) is 5.16. The van der Waals surface area contributed by atoms with E-state index in [0.717, 1.165) is 0 Å². The summed E-state index contributed by atoms with van der Waals surface area (Å²) in [4.78, 5) is 78.9. The Labute approximate surface area is 283 Å². The number of rotatable bonds is 19. The predicted octanol–water partition coefficient (Wildman–Crippen LogP) is -1.62. The summed E-state index contributed by atoms with van der Waals surface area (Å²) in [5.74, 6) is -5.75. The Balaban J connectivity index is 2.27. The van der Waals surface area contributed by atoms with Crippen molar-refractivity contribution in [1.82, 2.24) is 29.4 Å². The van der Waals surface area contributed by atoms with Gasteiger partial charge in [-0.25, -0.2) is 0 Å². The highest BCUT2D eigenvalue weighted by Gasteiger charge is 2.27. The molecule has 0 saturated carbocycles. The average molecular weight is 698 g/mol. The van der Waals surface area contributed by atoms with E-state index in [9.17, 15) is 59.6 Å². The second-order valence-electron chi connectivity index (χ2n) is 12.1. The van der Waals surface area contributed by atoms with Gasteiger partial charge in [-0.05, 0) is 19.0 Å². The molecule has 19 heteroatoms. The highest BCUT2D eigenvalue weighted by Crippen LogP contribution is 2.16. The molecule has 2 rings (SSSR count). The molecular weight excluding hydrogens is 650 g/mol. The fourth-order valence-electron chi connectivity index (χ4n) is 5.57. The van der Waals surface area contributed by atoms with Crippen LogP contribution in [0, 0.1) is 10.1 Å². The van der Waals surface area contributed by atoms with Crippen molar-refractivity contribution in [3.05, 3.63) is 39.9 Å². The van der Waals surface area contributed by atoms with Gasteiger partial charge in [-0.3, -0.25) is 58.6 Å². The lowest BCUT2D eigenvalue weighted by atomic mass is 10.0. The average Bonchev–Trinajstić information content (AvgIpc) is 2.99. The van der Waals surface area contributed by atoms with Gasteiger partial charge in [0, 0.05) is 90.2 Å². The van der Waals surface area contributed by atoms with Gasteiger partial charge in [0.1, 0.15) is 0 Å². The van der Waals surface area contributed by atoms with Crippen LogP contribution in [0.25, 0.3) is 0 Å². The number of carbonyl (C=O) groups is 5. The Bertz CT molecular complexity index is 1240. The second kappa shape index (κ2) is 21.0. The van der Waals surface area contributed by atoms with Crippen LogP contribution in [0.5, 0.6) is 0 Å². The number of nitrogens with zero attached hydrogens (tertiary/aromatic N) is 7. The fraction of sp³-hybridized carbons (Fsp3) is 0.633. The van der Waals surface area contributed by atoms with Gasteiger partial charge in [-0.15, -0.1) is 0 Å². The van der Waals surface area contributed by atoms with Crippen LogP contribution in [0.1, 0.15) is 5.56 Å². The summed E-state index contributed by atoms with van der Waals surface area (Å²) in [7, 11) is 1.91. The van der Waals surface area contributed by atoms with E-state index in [1.54, 1.807) is 17.0 Å². The number of nitro groups is 1. The number of hydrogen-bond acceptors (Lipinski definition) is 13. The molecule has 1 aliphatic rings. The smallest absolute Gasteiger partial charge is 0.317 e. The Morgan fingerprint density at radius 2 is 1.18 bits per heavy atom. The molecule has 0 aromatic heterocycles. The highest BCUT2D eigenvalue weighted by atomic mass is 16.6. The van der Waals surface area contributed by atoms with E-state index in [0.29, 0.717) is 64.5 Å². The molecule has 1 unspecified atom stereocenters. The van der Waals surface area contributed by atoms with E-state index in [-0.39, 0.29) is 31.7 Å². The van der Waals surface area contributed by atoms with Crippen molar-refractivity contribution < 1.29 is 54.4 Å². The van der Waals surface area contributed by atoms with Gasteiger partial charge in [-0.2, -0.15) is 0 Å². The third-order valence-electron chi connectivity index (χ3n) is 8.15. The molecular formula is C30H47N7O12. The van der Waals surface area contributed by atoms with Crippen molar-refractivity contribution in [2.75, 3.05) is 112 Å². The van der Waals surface area contributed by atoms with Crippen molar-refractivity contribution in [3.63, 3.8) is 0 Å². The van der Waals surface area contributed by atoms with Crippen LogP contribution in [-0.4, -0.2) is 208 Å². The van der Waals surface area contributed by atoms with Gasteiger partial charge >= 0.3 is 29.8 Å². The van der Waals surface area contributed by atoms with E-state index in [1.807, 2.05) is 16.8 Å². The molecule has 1 heterocycles. The molecule has 1 aromatic carbocycles. The Morgan fingerprint density at radius 1 is 0.714 bits per heavy atom. The van der Waals surface area contributed by atoms with E-state index in [2.05, 4.69) is 4.90 Å². The minimum Gasteiger partial charge on any atom is -0.480 e. The minimum absolute atomic E-state index is 0.116. The van der Waals surface area contributed by atoms with E-state index < -0.39 is 67.0 Å². The van der Waals surface area contributed by atoms with Gasteiger partial charge in [0.15, 0.2) is 0 Å². The lowest BCUT2D eigenvalue weighted by Gasteiger charge is -2.37. The largest absolute Gasteiger partial charge is 0.480 e. The summed E-state index contributed by atoms with van der Waals surface area (Å²) in [6.07, 6.45) is 0.208. The summed E-state index contributed by atoms with van der Waals surface area (Å²) in [5, 5.41) is 58.3. The molecule has 49 heavy (non-hydrogen) atoms. The van der Waals surface area contributed by atoms with Crippen LogP contribution < -0.4 is 0 Å². The first-order valence-corrected chi connectivity index (χ1v) is 15.8. The topological polar surface area (TPSA) is 249 Å². The summed E-state index contributed by atoms with van der Waals surface area (Å²) in [5.41, 5.74) is 0.537. The number of aliphatic carboxylic acids is 5. The molecule has 0 aliphatic carbocycles. The molecule has 1 aliphatic heterocycles. The zero-order valence-electron chi connectivity index (χ0n) is 27.6. The van der Waals surface area contributed by atoms with Gasteiger partial charge in [0.05, 0.1) is 37.6 Å². The molecule has 0 bridgehead atoms.